The Hall–Kier alpha value is -1.35. The van der Waals surface area contributed by atoms with Crippen LogP contribution in [0.2, 0.25) is 0 Å². The second kappa shape index (κ2) is 11.5. The van der Waals surface area contributed by atoms with E-state index in [0.717, 1.165) is 57.1 Å². The molecule has 1 fully saturated rings. The first kappa shape index (κ1) is 21.9. The fourth-order valence-corrected chi connectivity index (χ4v) is 4.02. The molecule has 2 heterocycles. The summed E-state index contributed by atoms with van der Waals surface area (Å²) in [6.07, 6.45) is 3.18. The lowest BCUT2D eigenvalue weighted by Crippen LogP contribution is -2.44. The fraction of sp³-hybridized carbons (Fsp3) is 0.500. The molecule has 1 aliphatic heterocycles. The Morgan fingerprint density at radius 3 is 2.85 bits per heavy atom. The number of benzene rings is 1. The van der Waals surface area contributed by atoms with Gasteiger partial charge in [-0.15, -0.1) is 35.3 Å². The predicted octanol–water partition coefficient (Wildman–Crippen LogP) is 3.84. The van der Waals surface area contributed by atoms with Gasteiger partial charge >= 0.3 is 0 Å². The SMILES string of the molecule is CCNC(=NCCCc1nc(C)cs1)NC1CCN(c2ccccc2)C1.I. The molecule has 0 bridgehead atoms. The maximum Gasteiger partial charge on any atom is 0.191 e. The summed E-state index contributed by atoms with van der Waals surface area (Å²) in [6, 6.07) is 11.1. The number of hydrogen-bond acceptors (Lipinski definition) is 4. The Bertz CT molecular complexity index is 703. The number of thiazole rings is 1. The number of aliphatic imine (C=N–C) groups is 1. The highest BCUT2D eigenvalue weighted by Gasteiger charge is 2.23. The number of hydrogen-bond donors (Lipinski definition) is 2. The zero-order chi connectivity index (χ0) is 18.2. The summed E-state index contributed by atoms with van der Waals surface area (Å²) >= 11 is 1.75. The van der Waals surface area contributed by atoms with E-state index in [9.17, 15) is 0 Å². The molecule has 3 rings (SSSR count). The van der Waals surface area contributed by atoms with Gasteiger partial charge in [-0.25, -0.2) is 4.98 Å². The average Bonchev–Trinajstić information content (AvgIpc) is 3.29. The zero-order valence-electron chi connectivity index (χ0n) is 16.1. The van der Waals surface area contributed by atoms with Gasteiger partial charge in [-0.2, -0.15) is 0 Å². The standard InChI is InChI=1S/C20H29N5S.HI/c1-3-21-20(22-12-7-10-19-23-16(2)15-26-19)24-17-11-13-25(14-17)18-8-5-4-6-9-18;/h4-6,8-9,15,17H,3,7,10-14H2,1-2H3,(H2,21,22,24);1H. The molecule has 1 aromatic carbocycles. The van der Waals surface area contributed by atoms with Crippen LogP contribution < -0.4 is 15.5 Å². The van der Waals surface area contributed by atoms with Crippen molar-refractivity contribution in [3.05, 3.63) is 46.4 Å². The summed E-state index contributed by atoms with van der Waals surface area (Å²) in [7, 11) is 0. The number of aryl methyl sites for hydroxylation is 2. The van der Waals surface area contributed by atoms with Gasteiger partial charge in [0.1, 0.15) is 0 Å². The van der Waals surface area contributed by atoms with Crippen LogP contribution in [0.5, 0.6) is 0 Å². The minimum atomic E-state index is 0. The van der Waals surface area contributed by atoms with Crippen molar-refractivity contribution in [1.29, 1.82) is 0 Å². The largest absolute Gasteiger partial charge is 0.369 e. The first-order valence-electron chi connectivity index (χ1n) is 9.50. The first-order valence-corrected chi connectivity index (χ1v) is 10.4. The maximum absolute atomic E-state index is 4.75. The molecule has 0 aliphatic carbocycles. The van der Waals surface area contributed by atoms with Gasteiger partial charge in [0.25, 0.3) is 0 Å². The van der Waals surface area contributed by atoms with E-state index in [0.29, 0.717) is 6.04 Å². The van der Waals surface area contributed by atoms with E-state index >= 15 is 0 Å². The lowest BCUT2D eigenvalue weighted by Gasteiger charge is -2.20. The van der Waals surface area contributed by atoms with E-state index < -0.39 is 0 Å². The molecule has 1 saturated heterocycles. The van der Waals surface area contributed by atoms with Crippen LogP contribution in [0, 0.1) is 6.92 Å². The molecule has 0 spiro atoms. The molecule has 0 radical (unpaired) electrons. The molecule has 27 heavy (non-hydrogen) atoms. The maximum atomic E-state index is 4.75. The fourth-order valence-electron chi connectivity index (χ4n) is 3.20. The number of para-hydroxylation sites is 1. The topological polar surface area (TPSA) is 52.6 Å². The summed E-state index contributed by atoms with van der Waals surface area (Å²) in [5.74, 6) is 0.933. The molecule has 1 unspecified atom stereocenters. The predicted molar refractivity (Wildman–Crippen MR) is 127 cm³/mol. The summed E-state index contributed by atoms with van der Waals surface area (Å²) in [5, 5.41) is 10.3. The smallest absolute Gasteiger partial charge is 0.191 e. The summed E-state index contributed by atoms with van der Waals surface area (Å²) in [4.78, 5) is 11.7. The van der Waals surface area contributed by atoms with Crippen molar-refractivity contribution in [2.75, 3.05) is 31.1 Å². The second-order valence-electron chi connectivity index (χ2n) is 6.66. The molecule has 148 valence electrons. The van der Waals surface area contributed by atoms with Crippen LogP contribution in [0.4, 0.5) is 5.69 Å². The van der Waals surface area contributed by atoms with Gasteiger partial charge < -0.3 is 15.5 Å². The van der Waals surface area contributed by atoms with Crippen LogP contribution in [0.25, 0.3) is 0 Å². The number of aromatic nitrogens is 1. The summed E-state index contributed by atoms with van der Waals surface area (Å²) in [5.41, 5.74) is 2.42. The average molecular weight is 499 g/mol. The Kier molecular flexibility index (Phi) is 9.33. The van der Waals surface area contributed by atoms with Crippen molar-refractivity contribution in [2.45, 2.75) is 39.2 Å². The molecule has 1 aliphatic rings. The monoisotopic (exact) mass is 499 g/mol. The number of nitrogens with one attached hydrogen (secondary N) is 2. The molecular formula is C20H30IN5S. The highest BCUT2D eigenvalue weighted by molar-refractivity contribution is 14.0. The van der Waals surface area contributed by atoms with Crippen LogP contribution >= 0.6 is 35.3 Å². The van der Waals surface area contributed by atoms with Crippen molar-refractivity contribution in [3.63, 3.8) is 0 Å². The van der Waals surface area contributed by atoms with Crippen molar-refractivity contribution in [3.8, 4) is 0 Å². The van der Waals surface area contributed by atoms with Crippen molar-refractivity contribution in [1.82, 2.24) is 15.6 Å². The Morgan fingerprint density at radius 1 is 1.33 bits per heavy atom. The van der Waals surface area contributed by atoms with Gasteiger partial charge in [-0.1, -0.05) is 18.2 Å². The summed E-state index contributed by atoms with van der Waals surface area (Å²) < 4.78 is 0. The van der Waals surface area contributed by atoms with Crippen LogP contribution in [0.3, 0.4) is 0 Å². The molecule has 0 saturated carbocycles. The Morgan fingerprint density at radius 2 is 2.15 bits per heavy atom. The minimum Gasteiger partial charge on any atom is -0.369 e. The van der Waals surface area contributed by atoms with Gasteiger partial charge in [-0.3, -0.25) is 4.99 Å². The van der Waals surface area contributed by atoms with Gasteiger partial charge in [0.05, 0.1) is 5.01 Å². The van der Waals surface area contributed by atoms with E-state index in [1.165, 1.54) is 10.7 Å². The van der Waals surface area contributed by atoms with Crippen LogP contribution in [-0.4, -0.2) is 43.2 Å². The van der Waals surface area contributed by atoms with E-state index in [4.69, 9.17) is 4.99 Å². The molecular weight excluding hydrogens is 469 g/mol. The molecule has 0 amide bonds. The second-order valence-corrected chi connectivity index (χ2v) is 7.60. The number of halogens is 1. The van der Waals surface area contributed by atoms with Crippen molar-refractivity contribution in [2.24, 2.45) is 4.99 Å². The first-order chi connectivity index (χ1) is 12.7. The molecule has 1 atom stereocenters. The zero-order valence-corrected chi connectivity index (χ0v) is 19.3. The van der Waals surface area contributed by atoms with Crippen LogP contribution in [0.1, 0.15) is 30.5 Å². The molecule has 2 aromatic rings. The Balaban J connectivity index is 0.00000261. The third kappa shape index (κ3) is 6.95. The van der Waals surface area contributed by atoms with Gasteiger partial charge in [0, 0.05) is 55.4 Å². The van der Waals surface area contributed by atoms with Crippen molar-refractivity contribution < 1.29 is 0 Å². The number of anilines is 1. The van der Waals surface area contributed by atoms with Crippen LogP contribution in [0.15, 0.2) is 40.7 Å². The van der Waals surface area contributed by atoms with Crippen molar-refractivity contribution >= 4 is 47.0 Å². The molecule has 2 N–H and O–H groups in total. The molecule has 1 aromatic heterocycles. The molecule has 5 nitrogen and oxygen atoms in total. The van der Waals surface area contributed by atoms with Gasteiger partial charge in [-0.05, 0) is 38.8 Å². The lowest BCUT2D eigenvalue weighted by atomic mass is 10.2. The third-order valence-electron chi connectivity index (χ3n) is 4.48. The normalized spacial score (nSPS) is 16.9. The quantitative estimate of drug-likeness (QED) is 0.263. The lowest BCUT2D eigenvalue weighted by molar-refractivity contribution is 0.647. The van der Waals surface area contributed by atoms with E-state index in [1.54, 1.807) is 11.3 Å². The number of nitrogens with zero attached hydrogens (tertiary/aromatic N) is 3. The minimum absolute atomic E-state index is 0. The highest BCUT2D eigenvalue weighted by atomic mass is 127. The van der Waals surface area contributed by atoms with E-state index in [2.05, 4.69) is 63.2 Å². The number of rotatable bonds is 7. The Labute approximate surface area is 183 Å². The summed E-state index contributed by atoms with van der Waals surface area (Å²) in [6.45, 7) is 7.97. The molecule has 7 heteroatoms. The highest BCUT2D eigenvalue weighted by Crippen LogP contribution is 2.19. The van der Waals surface area contributed by atoms with Gasteiger partial charge in [0.15, 0.2) is 5.96 Å². The van der Waals surface area contributed by atoms with E-state index in [1.807, 2.05) is 6.92 Å². The van der Waals surface area contributed by atoms with Crippen LogP contribution in [-0.2, 0) is 6.42 Å². The van der Waals surface area contributed by atoms with E-state index in [-0.39, 0.29) is 24.0 Å². The number of guanidine groups is 1. The third-order valence-corrected chi connectivity index (χ3v) is 5.51. The van der Waals surface area contributed by atoms with Gasteiger partial charge in [0.2, 0.25) is 0 Å².